The summed E-state index contributed by atoms with van der Waals surface area (Å²) in [7, 11) is 0. The van der Waals surface area contributed by atoms with Gasteiger partial charge in [0.15, 0.2) is 5.78 Å². The van der Waals surface area contributed by atoms with Crippen LogP contribution >= 0.6 is 15.9 Å². The number of ketones is 1. The second-order valence-electron chi connectivity index (χ2n) is 4.82. The van der Waals surface area contributed by atoms with E-state index in [0.29, 0.717) is 11.1 Å². The van der Waals surface area contributed by atoms with Gasteiger partial charge in [-0.3, -0.25) is 9.59 Å². The van der Waals surface area contributed by atoms with Gasteiger partial charge in [-0.1, -0.05) is 46.3 Å². The van der Waals surface area contributed by atoms with Crippen LogP contribution in [0, 0.1) is 0 Å². The van der Waals surface area contributed by atoms with Crippen molar-refractivity contribution < 1.29 is 4.79 Å². The van der Waals surface area contributed by atoms with Gasteiger partial charge in [0.1, 0.15) is 0 Å². The lowest BCUT2D eigenvalue weighted by molar-refractivity contribution is 0.104. The quantitative estimate of drug-likeness (QED) is 0.567. The number of carbonyl (C=O) groups is 1. The summed E-state index contributed by atoms with van der Waals surface area (Å²) in [4.78, 5) is 27.0. The lowest BCUT2D eigenvalue weighted by Crippen LogP contribution is -2.09. The molecule has 0 spiro atoms. The molecule has 3 aromatic rings. The zero-order valence-electron chi connectivity index (χ0n) is 11.5. The molecule has 3 rings (SSSR count). The van der Waals surface area contributed by atoms with Crippen molar-refractivity contribution >= 4 is 38.7 Å². The minimum Gasteiger partial charge on any atom is -0.321 e. The molecule has 0 aliphatic heterocycles. The van der Waals surface area contributed by atoms with Gasteiger partial charge in [0.05, 0.1) is 0 Å². The lowest BCUT2D eigenvalue weighted by atomic mass is 10.1. The summed E-state index contributed by atoms with van der Waals surface area (Å²) in [6.45, 7) is 0. The Hall–Kier alpha value is -2.46. The van der Waals surface area contributed by atoms with Crippen LogP contribution in [0.2, 0.25) is 0 Å². The molecule has 0 radical (unpaired) electrons. The van der Waals surface area contributed by atoms with E-state index in [1.54, 1.807) is 24.3 Å². The highest BCUT2D eigenvalue weighted by Crippen LogP contribution is 2.17. The summed E-state index contributed by atoms with van der Waals surface area (Å²) in [6.07, 6.45) is 2.96. The molecular weight excluding hydrogens is 342 g/mol. The summed E-state index contributed by atoms with van der Waals surface area (Å²) in [6, 6.07) is 16.5. The maximum absolute atomic E-state index is 12.2. The molecule has 2 aromatic carbocycles. The number of aromatic amines is 1. The molecule has 108 valence electrons. The van der Waals surface area contributed by atoms with E-state index in [1.165, 1.54) is 6.08 Å². The van der Waals surface area contributed by atoms with Crippen LogP contribution in [0.3, 0.4) is 0 Å². The maximum atomic E-state index is 12.2. The Balaban J connectivity index is 1.96. The van der Waals surface area contributed by atoms with Crippen molar-refractivity contribution in [3.05, 3.63) is 86.6 Å². The number of para-hydroxylation sites is 1. The number of aromatic nitrogens is 1. The summed E-state index contributed by atoms with van der Waals surface area (Å²) >= 11 is 3.35. The molecule has 1 heterocycles. The molecule has 4 heteroatoms. The van der Waals surface area contributed by atoms with Crippen LogP contribution in [0.25, 0.3) is 17.0 Å². The highest BCUT2D eigenvalue weighted by Gasteiger charge is 2.06. The second-order valence-corrected chi connectivity index (χ2v) is 5.67. The molecule has 0 aliphatic rings. The molecule has 0 atom stereocenters. The lowest BCUT2D eigenvalue weighted by Gasteiger charge is -2.00. The van der Waals surface area contributed by atoms with Crippen LogP contribution in [-0.2, 0) is 0 Å². The van der Waals surface area contributed by atoms with Crippen LogP contribution in [0.1, 0.15) is 15.9 Å². The van der Waals surface area contributed by atoms with Gasteiger partial charge in [-0.25, -0.2) is 0 Å². The standard InChI is InChI=1S/C18H12BrNO2/c19-15-7-3-2-6-14(15)17(21)10-9-13-11-12-5-1-4-8-16(12)20-18(13)22/h1-11H,(H,20,22)/b10-9+. The van der Waals surface area contributed by atoms with Crippen molar-refractivity contribution in [2.75, 3.05) is 0 Å². The van der Waals surface area contributed by atoms with Crippen molar-refractivity contribution in [1.82, 2.24) is 4.98 Å². The van der Waals surface area contributed by atoms with Crippen molar-refractivity contribution in [2.45, 2.75) is 0 Å². The fourth-order valence-electron chi connectivity index (χ4n) is 2.20. The zero-order valence-corrected chi connectivity index (χ0v) is 13.1. The van der Waals surface area contributed by atoms with Crippen LogP contribution in [-0.4, -0.2) is 10.8 Å². The molecule has 0 fully saturated rings. The van der Waals surface area contributed by atoms with Crippen LogP contribution in [0.5, 0.6) is 0 Å². The summed E-state index contributed by atoms with van der Waals surface area (Å²) in [5.74, 6) is -0.153. The first-order valence-corrected chi connectivity index (χ1v) is 7.53. The number of pyridine rings is 1. The predicted molar refractivity (Wildman–Crippen MR) is 92.1 cm³/mol. The summed E-state index contributed by atoms with van der Waals surface area (Å²) in [5, 5.41) is 0.926. The number of rotatable bonds is 3. The van der Waals surface area contributed by atoms with E-state index in [-0.39, 0.29) is 11.3 Å². The van der Waals surface area contributed by atoms with E-state index in [4.69, 9.17) is 0 Å². The number of fused-ring (bicyclic) bond motifs is 1. The number of benzene rings is 2. The normalized spacial score (nSPS) is 11.1. The van der Waals surface area contributed by atoms with Crippen molar-refractivity contribution in [2.24, 2.45) is 0 Å². The summed E-state index contributed by atoms with van der Waals surface area (Å²) in [5.41, 5.74) is 1.59. The number of allylic oxidation sites excluding steroid dienone is 1. The monoisotopic (exact) mass is 353 g/mol. The van der Waals surface area contributed by atoms with Crippen molar-refractivity contribution in [1.29, 1.82) is 0 Å². The van der Waals surface area contributed by atoms with E-state index in [1.807, 2.05) is 36.4 Å². The van der Waals surface area contributed by atoms with Crippen LogP contribution in [0.15, 0.2) is 69.9 Å². The third-order valence-electron chi connectivity index (χ3n) is 3.34. The van der Waals surface area contributed by atoms with Gasteiger partial charge in [-0.15, -0.1) is 0 Å². The van der Waals surface area contributed by atoms with E-state index in [9.17, 15) is 9.59 Å². The van der Waals surface area contributed by atoms with Gasteiger partial charge in [-0.2, -0.15) is 0 Å². The average Bonchev–Trinajstić information content (AvgIpc) is 2.53. The smallest absolute Gasteiger partial charge is 0.255 e. The molecule has 1 aromatic heterocycles. The predicted octanol–water partition coefficient (Wildman–Crippen LogP) is 4.19. The number of halogens is 1. The van der Waals surface area contributed by atoms with Crippen molar-refractivity contribution in [3.63, 3.8) is 0 Å². The third kappa shape index (κ3) is 2.92. The SMILES string of the molecule is O=C(/C=C/c1cc2ccccc2[nH]c1=O)c1ccccc1Br. The first-order chi connectivity index (χ1) is 10.6. The molecule has 0 aliphatic carbocycles. The van der Waals surface area contributed by atoms with E-state index >= 15 is 0 Å². The average molecular weight is 354 g/mol. The third-order valence-corrected chi connectivity index (χ3v) is 4.03. The first kappa shape index (κ1) is 14.5. The molecular formula is C18H12BrNO2. The minimum atomic E-state index is -0.213. The maximum Gasteiger partial charge on any atom is 0.255 e. The van der Waals surface area contributed by atoms with Crippen LogP contribution in [0.4, 0.5) is 0 Å². The fourth-order valence-corrected chi connectivity index (χ4v) is 2.68. The van der Waals surface area contributed by atoms with Gasteiger partial charge in [0, 0.05) is 21.1 Å². The fraction of sp³-hybridized carbons (Fsp3) is 0. The molecule has 0 amide bonds. The molecule has 0 saturated carbocycles. The van der Waals surface area contributed by atoms with Gasteiger partial charge in [0.25, 0.3) is 5.56 Å². The minimum absolute atomic E-state index is 0.153. The molecule has 0 unspecified atom stereocenters. The number of nitrogens with one attached hydrogen (secondary N) is 1. The Kier molecular flexibility index (Phi) is 4.02. The highest BCUT2D eigenvalue weighted by atomic mass is 79.9. The molecule has 22 heavy (non-hydrogen) atoms. The number of hydrogen-bond donors (Lipinski definition) is 1. The van der Waals surface area contributed by atoms with Gasteiger partial charge in [-0.05, 0) is 41.8 Å². The molecule has 0 bridgehead atoms. The Bertz CT molecular complexity index is 941. The Morgan fingerprint density at radius 2 is 1.77 bits per heavy atom. The largest absolute Gasteiger partial charge is 0.321 e. The molecule has 0 saturated heterocycles. The van der Waals surface area contributed by atoms with Crippen molar-refractivity contribution in [3.8, 4) is 0 Å². The Morgan fingerprint density at radius 3 is 2.59 bits per heavy atom. The Morgan fingerprint density at radius 1 is 1.05 bits per heavy atom. The number of H-pyrrole nitrogens is 1. The van der Waals surface area contributed by atoms with Crippen LogP contribution < -0.4 is 5.56 Å². The highest BCUT2D eigenvalue weighted by molar-refractivity contribution is 9.10. The number of hydrogen-bond acceptors (Lipinski definition) is 2. The van der Waals surface area contributed by atoms with Gasteiger partial charge >= 0.3 is 0 Å². The molecule has 1 N–H and O–H groups in total. The van der Waals surface area contributed by atoms with E-state index in [2.05, 4.69) is 20.9 Å². The topological polar surface area (TPSA) is 49.9 Å². The first-order valence-electron chi connectivity index (χ1n) is 6.74. The Labute approximate surface area is 135 Å². The number of carbonyl (C=O) groups excluding carboxylic acids is 1. The van der Waals surface area contributed by atoms with E-state index in [0.717, 1.165) is 15.4 Å². The van der Waals surface area contributed by atoms with Gasteiger partial charge < -0.3 is 4.98 Å². The second kappa shape index (κ2) is 6.12. The van der Waals surface area contributed by atoms with E-state index < -0.39 is 0 Å². The van der Waals surface area contributed by atoms with Gasteiger partial charge in [0.2, 0.25) is 0 Å². The molecule has 3 nitrogen and oxygen atoms in total. The zero-order chi connectivity index (χ0) is 15.5. The summed E-state index contributed by atoms with van der Waals surface area (Å²) < 4.78 is 0.733.